The molecule has 0 radical (unpaired) electrons. The number of hydrogen-bond donors (Lipinski definition) is 2. The van der Waals surface area contributed by atoms with Crippen molar-refractivity contribution < 1.29 is 14.3 Å². The van der Waals surface area contributed by atoms with Gasteiger partial charge in [0, 0.05) is 13.1 Å². The second kappa shape index (κ2) is 8.15. The van der Waals surface area contributed by atoms with Crippen LogP contribution in [0.2, 0.25) is 0 Å². The summed E-state index contributed by atoms with van der Waals surface area (Å²) in [6, 6.07) is 6.00. The molecule has 1 heterocycles. The van der Waals surface area contributed by atoms with Crippen LogP contribution in [0.15, 0.2) is 18.2 Å². The lowest BCUT2D eigenvalue weighted by Gasteiger charge is -2.16. The fraction of sp³-hybridized carbons (Fsp3) is 0.556. The summed E-state index contributed by atoms with van der Waals surface area (Å²) in [5.74, 6) is 0.571. The number of carbonyl (C=O) groups excluding carboxylic acids is 2. The van der Waals surface area contributed by atoms with Gasteiger partial charge >= 0.3 is 0 Å². The lowest BCUT2D eigenvalue weighted by Crippen LogP contribution is -2.38. The molecule has 1 aromatic carbocycles. The van der Waals surface area contributed by atoms with Crippen LogP contribution in [0.25, 0.3) is 0 Å². The van der Waals surface area contributed by atoms with Gasteiger partial charge in [-0.15, -0.1) is 0 Å². The van der Waals surface area contributed by atoms with Gasteiger partial charge < -0.3 is 15.8 Å². The van der Waals surface area contributed by atoms with Crippen molar-refractivity contribution in [1.29, 1.82) is 0 Å². The predicted octanol–water partition coefficient (Wildman–Crippen LogP) is 0.852. The Balaban J connectivity index is 1.70. The number of para-hydroxylation sites is 1. The van der Waals surface area contributed by atoms with Gasteiger partial charge in [-0.25, -0.2) is 0 Å². The highest BCUT2D eigenvalue weighted by molar-refractivity contribution is 5.79. The number of rotatable bonds is 7. The van der Waals surface area contributed by atoms with Crippen LogP contribution in [0.4, 0.5) is 0 Å². The molecule has 0 spiro atoms. The first-order chi connectivity index (χ1) is 11.4. The van der Waals surface area contributed by atoms with E-state index in [2.05, 4.69) is 5.32 Å². The van der Waals surface area contributed by atoms with E-state index in [1.165, 1.54) is 0 Å². The molecule has 2 rings (SSSR count). The summed E-state index contributed by atoms with van der Waals surface area (Å²) in [7, 11) is 0. The molecule has 1 aliphatic heterocycles. The SMILES string of the molecule is Cc1cccc(C)c1OCCNC(=O)CN1C[C@@H](C)[C@H](C(N)=O)C1. The van der Waals surface area contributed by atoms with Crippen LogP contribution >= 0.6 is 0 Å². The zero-order valence-electron chi connectivity index (χ0n) is 14.7. The van der Waals surface area contributed by atoms with Crippen LogP contribution in [0, 0.1) is 25.7 Å². The summed E-state index contributed by atoms with van der Waals surface area (Å²) in [6.45, 7) is 8.45. The molecule has 1 aromatic rings. The second-order valence-electron chi connectivity index (χ2n) is 6.60. The number of primary amides is 1. The van der Waals surface area contributed by atoms with Crippen molar-refractivity contribution >= 4 is 11.8 Å². The third-order valence-corrected chi connectivity index (χ3v) is 4.50. The van der Waals surface area contributed by atoms with Crippen molar-refractivity contribution in [2.45, 2.75) is 20.8 Å². The Labute approximate surface area is 143 Å². The molecule has 0 aliphatic carbocycles. The van der Waals surface area contributed by atoms with Gasteiger partial charge in [-0.3, -0.25) is 14.5 Å². The molecule has 0 aromatic heterocycles. The number of nitrogens with zero attached hydrogens (tertiary/aromatic N) is 1. The number of hydrogen-bond acceptors (Lipinski definition) is 4. The van der Waals surface area contributed by atoms with Crippen molar-refractivity contribution in [3.8, 4) is 5.75 Å². The molecule has 1 fully saturated rings. The first-order valence-electron chi connectivity index (χ1n) is 8.36. The summed E-state index contributed by atoms with van der Waals surface area (Å²) < 4.78 is 5.76. The molecular weight excluding hydrogens is 306 g/mol. The number of nitrogens with one attached hydrogen (secondary N) is 1. The van der Waals surface area contributed by atoms with Gasteiger partial charge in [0.15, 0.2) is 0 Å². The summed E-state index contributed by atoms with van der Waals surface area (Å²) >= 11 is 0. The number of aryl methyl sites for hydroxylation is 2. The molecule has 132 valence electrons. The Bertz CT molecular complexity index is 583. The van der Waals surface area contributed by atoms with Gasteiger partial charge in [0.05, 0.1) is 19.0 Å². The van der Waals surface area contributed by atoms with Crippen LogP contribution in [0.3, 0.4) is 0 Å². The molecule has 1 aliphatic rings. The predicted molar refractivity (Wildman–Crippen MR) is 92.7 cm³/mol. The average Bonchev–Trinajstić information content (AvgIpc) is 2.86. The minimum Gasteiger partial charge on any atom is -0.491 e. The van der Waals surface area contributed by atoms with E-state index in [1.807, 2.05) is 43.9 Å². The van der Waals surface area contributed by atoms with E-state index in [-0.39, 0.29) is 30.2 Å². The fourth-order valence-corrected chi connectivity index (χ4v) is 3.20. The maximum absolute atomic E-state index is 12.0. The van der Waals surface area contributed by atoms with E-state index in [1.54, 1.807) is 0 Å². The molecule has 6 heteroatoms. The third kappa shape index (κ3) is 4.71. The maximum atomic E-state index is 12.0. The highest BCUT2D eigenvalue weighted by atomic mass is 16.5. The van der Waals surface area contributed by atoms with E-state index < -0.39 is 0 Å². The highest BCUT2D eigenvalue weighted by Gasteiger charge is 2.33. The molecular formula is C18H27N3O3. The molecule has 0 saturated carbocycles. The van der Waals surface area contributed by atoms with Crippen molar-refractivity contribution in [1.82, 2.24) is 10.2 Å². The van der Waals surface area contributed by atoms with Crippen molar-refractivity contribution in [2.24, 2.45) is 17.6 Å². The average molecular weight is 333 g/mol. The molecule has 3 N–H and O–H groups in total. The van der Waals surface area contributed by atoms with Crippen molar-refractivity contribution in [3.05, 3.63) is 29.3 Å². The molecule has 24 heavy (non-hydrogen) atoms. The number of benzene rings is 1. The molecule has 2 atom stereocenters. The number of likely N-dealkylation sites (tertiary alicyclic amines) is 1. The largest absolute Gasteiger partial charge is 0.491 e. The third-order valence-electron chi connectivity index (χ3n) is 4.50. The van der Waals surface area contributed by atoms with Gasteiger partial charge in [0.25, 0.3) is 0 Å². The quantitative estimate of drug-likeness (QED) is 0.725. The zero-order valence-corrected chi connectivity index (χ0v) is 14.7. The number of nitrogens with two attached hydrogens (primary N) is 1. The van der Waals surface area contributed by atoms with Gasteiger partial charge in [0.1, 0.15) is 12.4 Å². The minimum absolute atomic E-state index is 0.0579. The highest BCUT2D eigenvalue weighted by Crippen LogP contribution is 2.22. The van der Waals surface area contributed by atoms with E-state index in [0.717, 1.165) is 23.4 Å². The van der Waals surface area contributed by atoms with E-state index in [0.29, 0.717) is 19.7 Å². The molecule has 1 saturated heterocycles. The van der Waals surface area contributed by atoms with Crippen LogP contribution in [0.1, 0.15) is 18.1 Å². The number of ether oxygens (including phenoxy) is 1. The zero-order chi connectivity index (χ0) is 17.7. The Morgan fingerprint density at radius 1 is 1.29 bits per heavy atom. The van der Waals surface area contributed by atoms with E-state index >= 15 is 0 Å². The number of carbonyl (C=O) groups is 2. The van der Waals surface area contributed by atoms with E-state index in [4.69, 9.17) is 10.5 Å². The smallest absolute Gasteiger partial charge is 0.234 e. The van der Waals surface area contributed by atoms with Gasteiger partial charge in [-0.2, -0.15) is 0 Å². The lowest BCUT2D eigenvalue weighted by atomic mass is 9.98. The Hall–Kier alpha value is -2.08. The van der Waals surface area contributed by atoms with Gasteiger partial charge in [-0.1, -0.05) is 25.1 Å². The van der Waals surface area contributed by atoms with E-state index in [9.17, 15) is 9.59 Å². The molecule has 0 bridgehead atoms. The van der Waals surface area contributed by atoms with Crippen LogP contribution in [-0.4, -0.2) is 49.5 Å². The second-order valence-corrected chi connectivity index (χ2v) is 6.60. The first-order valence-corrected chi connectivity index (χ1v) is 8.36. The first kappa shape index (κ1) is 18.3. The maximum Gasteiger partial charge on any atom is 0.234 e. The Kier molecular flexibility index (Phi) is 6.20. The van der Waals surface area contributed by atoms with Gasteiger partial charge in [-0.05, 0) is 30.9 Å². The van der Waals surface area contributed by atoms with Crippen LogP contribution < -0.4 is 15.8 Å². The topological polar surface area (TPSA) is 84.7 Å². The molecule has 2 amide bonds. The summed E-state index contributed by atoms with van der Waals surface area (Å²) in [5, 5.41) is 2.86. The monoisotopic (exact) mass is 333 g/mol. The summed E-state index contributed by atoms with van der Waals surface area (Å²) in [6.07, 6.45) is 0. The van der Waals surface area contributed by atoms with Gasteiger partial charge in [0.2, 0.25) is 11.8 Å². The van der Waals surface area contributed by atoms with Crippen LogP contribution in [0.5, 0.6) is 5.75 Å². The molecule has 0 unspecified atom stereocenters. The summed E-state index contributed by atoms with van der Waals surface area (Å²) in [5.41, 5.74) is 7.55. The fourth-order valence-electron chi connectivity index (χ4n) is 3.20. The minimum atomic E-state index is -0.285. The number of amides is 2. The Morgan fingerprint density at radius 2 is 1.96 bits per heavy atom. The lowest BCUT2D eigenvalue weighted by molar-refractivity contribution is -0.124. The summed E-state index contributed by atoms with van der Waals surface area (Å²) in [4.78, 5) is 25.3. The standard InChI is InChI=1S/C18H27N3O3/c1-12-5-4-6-13(2)17(12)24-8-7-20-16(22)11-21-9-14(3)15(10-21)18(19)23/h4-6,14-15H,7-11H2,1-3H3,(H2,19,23)(H,20,22)/t14-,15-/m1/s1. The van der Waals surface area contributed by atoms with Crippen LogP contribution in [-0.2, 0) is 9.59 Å². The Morgan fingerprint density at radius 3 is 2.54 bits per heavy atom. The van der Waals surface area contributed by atoms with Crippen molar-refractivity contribution in [3.63, 3.8) is 0 Å². The molecule has 6 nitrogen and oxygen atoms in total. The van der Waals surface area contributed by atoms with Crippen molar-refractivity contribution in [2.75, 3.05) is 32.8 Å². The normalized spacial score (nSPS) is 20.8.